The van der Waals surface area contributed by atoms with Crippen molar-refractivity contribution in [3.8, 4) is 11.1 Å². The van der Waals surface area contributed by atoms with Crippen molar-refractivity contribution in [3.63, 3.8) is 0 Å². The third-order valence-corrected chi connectivity index (χ3v) is 4.46. The number of carbonyl (C=O) groups excluding carboxylic acids is 1. The lowest BCUT2D eigenvalue weighted by molar-refractivity contribution is 0.0498. The van der Waals surface area contributed by atoms with Gasteiger partial charge in [-0.25, -0.2) is 4.79 Å². The number of carbonyl (C=O) groups is 1. The molecule has 0 aliphatic rings. The number of hydrogen-bond acceptors (Lipinski definition) is 3. The molecule has 0 aliphatic heterocycles. The van der Waals surface area contributed by atoms with Gasteiger partial charge in [0.1, 0.15) is 0 Å². The summed E-state index contributed by atoms with van der Waals surface area (Å²) < 4.78 is 5.27. The van der Waals surface area contributed by atoms with Crippen LogP contribution in [0.1, 0.15) is 42.1 Å². The lowest BCUT2D eigenvalue weighted by atomic mass is 10.0. The molecule has 0 radical (unpaired) electrons. The van der Waals surface area contributed by atoms with Crippen molar-refractivity contribution in [1.29, 1.82) is 0 Å². The lowest BCUT2D eigenvalue weighted by Gasteiger charge is -2.04. The number of esters is 1. The second kappa shape index (κ2) is 10.2. The first-order chi connectivity index (χ1) is 13.8. The van der Waals surface area contributed by atoms with Gasteiger partial charge >= 0.3 is 5.97 Å². The first kappa shape index (κ1) is 19.6. The first-order valence-corrected chi connectivity index (χ1v) is 9.73. The van der Waals surface area contributed by atoms with Crippen LogP contribution >= 0.6 is 0 Å². The zero-order chi connectivity index (χ0) is 19.6. The summed E-state index contributed by atoms with van der Waals surface area (Å²) in [6.07, 6.45) is 4.92. The Kier molecular flexibility index (Phi) is 7.14. The van der Waals surface area contributed by atoms with Crippen molar-refractivity contribution < 1.29 is 9.53 Å². The van der Waals surface area contributed by atoms with E-state index in [0.717, 1.165) is 30.5 Å². The van der Waals surface area contributed by atoms with Gasteiger partial charge in [0.15, 0.2) is 0 Å². The second-order valence-corrected chi connectivity index (χ2v) is 6.64. The Labute approximate surface area is 166 Å². The average molecular weight is 371 g/mol. The fraction of sp³-hybridized carbons (Fsp3) is 0.200. The summed E-state index contributed by atoms with van der Waals surface area (Å²) in [5, 5.41) is 0. The third kappa shape index (κ3) is 5.65. The number of ether oxygens (including phenoxy) is 1. The molecule has 0 atom stereocenters. The van der Waals surface area contributed by atoms with Gasteiger partial charge in [-0.2, -0.15) is 0 Å². The Morgan fingerprint density at radius 2 is 1.54 bits per heavy atom. The fourth-order valence-corrected chi connectivity index (χ4v) is 2.83. The van der Waals surface area contributed by atoms with E-state index in [0.29, 0.717) is 12.2 Å². The molecule has 142 valence electrons. The molecular formula is C25H25NO2. The molecule has 0 fully saturated rings. The molecule has 0 N–H and O–H groups in total. The number of unbranched alkanes of at least 4 members (excludes halogenated alkanes) is 2. The molecule has 0 bridgehead atoms. The Bertz CT molecular complexity index is 898. The van der Waals surface area contributed by atoms with E-state index < -0.39 is 0 Å². The quantitative estimate of drug-likeness (QED) is 0.259. The average Bonchev–Trinajstić information content (AvgIpc) is 2.76. The largest absolute Gasteiger partial charge is 0.462 e. The first-order valence-electron chi connectivity index (χ1n) is 9.73. The summed E-state index contributed by atoms with van der Waals surface area (Å²) in [5.74, 6) is -0.275. The number of benzene rings is 3. The minimum Gasteiger partial charge on any atom is -0.462 e. The predicted molar refractivity (Wildman–Crippen MR) is 115 cm³/mol. The SMILES string of the molecule is CCCCCOC(=O)c1ccc(N=Cc2ccc(-c3ccccc3)cc2)cc1. The molecule has 0 saturated heterocycles. The summed E-state index contributed by atoms with van der Waals surface area (Å²) in [7, 11) is 0. The van der Waals surface area contributed by atoms with E-state index in [1.54, 1.807) is 12.1 Å². The molecular weight excluding hydrogens is 346 g/mol. The highest BCUT2D eigenvalue weighted by Gasteiger charge is 2.06. The molecule has 3 rings (SSSR count). The lowest BCUT2D eigenvalue weighted by Crippen LogP contribution is -2.06. The van der Waals surface area contributed by atoms with E-state index in [9.17, 15) is 4.79 Å². The van der Waals surface area contributed by atoms with Crippen LogP contribution in [0, 0.1) is 0 Å². The van der Waals surface area contributed by atoms with E-state index in [1.165, 1.54) is 11.1 Å². The summed E-state index contributed by atoms with van der Waals surface area (Å²) in [6, 6.07) is 25.7. The monoisotopic (exact) mass is 371 g/mol. The van der Waals surface area contributed by atoms with E-state index in [-0.39, 0.29) is 5.97 Å². The van der Waals surface area contributed by atoms with Gasteiger partial charge in [-0.1, -0.05) is 74.4 Å². The molecule has 0 amide bonds. The molecule has 0 aromatic heterocycles. The van der Waals surface area contributed by atoms with Gasteiger partial charge in [0.2, 0.25) is 0 Å². The smallest absolute Gasteiger partial charge is 0.338 e. The van der Waals surface area contributed by atoms with Crippen LogP contribution in [0.4, 0.5) is 5.69 Å². The Morgan fingerprint density at radius 3 is 2.21 bits per heavy atom. The zero-order valence-electron chi connectivity index (χ0n) is 16.2. The molecule has 28 heavy (non-hydrogen) atoms. The van der Waals surface area contributed by atoms with E-state index in [2.05, 4.69) is 36.2 Å². The highest BCUT2D eigenvalue weighted by atomic mass is 16.5. The molecule has 0 saturated carbocycles. The number of rotatable bonds is 8. The normalized spacial score (nSPS) is 10.9. The highest BCUT2D eigenvalue weighted by Crippen LogP contribution is 2.19. The van der Waals surface area contributed by atoms with Crippen LogP contribution < -0.4 is 0 Å². The maximum Gasteiger partial charge on any atom is 0.338 e. The van der Waals surface area contributed by atoms with Crippen molar-refractivity contribution in [1.82, 2.24) is 0 Å². The Hall–Kier alpha value is -3.20. The Morgan fingerprint density at radius 1 is 0.857 bits per heavy atom. The van der Waals surface area contributed by atoms with Crippen LogP contribution in [0.2, 0.25) is 0 Å². The van der Waals surface area contributed by atoms with Gasteiger partial charge < -0.3 is 4.74 Å². The molecule has 0 heterocycles. The molecule has 3 aromatic carbocycles. The highest BCUT2D eigenvalue weighted by molar-refractivity contribution is 5.90. The standard InChI is InChI=1S/C25H25NO2/c1-2-3-7-18-28-25(27)23-14-16-24(17-15-23)26-19-20-10-12-22(13-11-20)21-8-5-4-6-9-21/h4-6,8-17,19H,2-3,7,18H2,1H3. The summed E-state index contributed by atoms with van der Waals surface area (Å²) in [6.45, 7) is 2.60. The minimum atomic E-state index is -0.275. The third-order valence-electron chi connectivity index (χ3n) is 4.46. The molecule has 0 unspecified atom stereocenters. The van der Waals surface area contributed by atoms with Gasteiger partial charge in [0, 0.05) is 6.21 Å². The Balaban J connectivity index is 1.57. The topological polar surface area (TPSA) is 38.7 Å². The van der Waals surface area contributed by atoms with Crippen molar-refractivity contribution in [2.75, 3.05) is 6.61 Å². The maximum atomic E-state index is 12.0. The van der Waals surface area contributed by atoms with Crippen LogP contribution in [0.15, 0.2) is 83.9 Å². The number of nitrogens with zero attached hydrogens (tertiary/aromatic N) is 1. The molecule has 3 aromatic rings. The molecule has 0 aliphatic carbocycles. The van der Waals surface area contributed by atoms with Crippen molar-refractivity contribution in [3.05, 3.63) is 90.0 Å². The molecule has 0 spiro atoms. The van der Waals surface area contributed by atoms with Crippen LogP contribution in [-0.2, 0) is 4.74 Å². The van der Waals surface area contributed by atoms with Gasteiger partial charge in [-0.15, -0.1) is 0 Å². The van der Waals surface area contributed by atoms with Crippen LogP contribution in [0.3, 0.4) is 0 Å². The maximum absolute atomic E-state index is 12.0. The molecule has 3 nitrogen and oxygen atoms in total. The fourth-order valence-electron chi connectivity index (χ4n) is 2.83. The summed E-state index contributed by atoms with van der Waals surface area (Å²) in [4.78, 5) is 16.5. The van der Waals surface area contributed by atoms with E-state index in [4.69, 9.17) is 4.74 Å². The number of hydrogen-bond donors (Lipinski definition) is 0. The second-order valence-electron chi connectivity index (χ2n) is 6.64. The van der Waals surface area contributed by atoms with E-state index in [1.807, 2.05) is 48.7 Å². The van der Waals surface area contributed by atoms with Gasteiger partial charge in [-0.3, -0.25) is 4.99 Å². The van der Waals surface area contributed by atoms with Crippen molar-refractivity contribution >= 4 is 17.9 Å². The van der Waals surface area contributed by atoms with E-state index >= 15 is 0 Å². The summed E-state index contributed by atoms with van der Waals surface area (Å²) in [5.41, 5.74) is 4.76. The van der Waals surface area contributed by atoms with Crippen molar-refractivity contribution in [2.45, 2.75) is 26.2 Å². The van der Waals surface area contributed by atoms with Gasteiger partial charge in [-0.05, 0) is 47.4 Å². The van der Waals surface area contributed by atoms with Crippen LogP contribution in [-0.4, -0.2) is 18.8 Å². The zero-order valence-corrected chi connectivity index (χ0v) is 16.2. The summed E-state index contributed by atoms with van der Waals surface area (Å²) >= 11 is 0. The predicted octanol–water partition coefficient (Wildman–Crippen LogP) is 6.45. The van der Waals surface area contributed by atoms with Crippen molar-refractivity contribution in [2.24, 2.45) is 4.99 Å². The number of aliphatic imine (C=N–C) groups is 1. The van der Waals surface area contributed by atoms with Gasteiger partial charge in [0.25, 0.3) is 0 Å². The van der Waals surface area contributed by atoms with Crippen LogP contribution in [0.25, 0.3) is 11.1 Å². The minimum absolute atomic E-state index is 0.275. The van der Waals surface area contributed by atoms with Crippen LogP contribution in [0.5, 0.6) is 0 Å². The molecule has 3 heteroatoms. The van der Waals surface area contributed by atoms with Gasteiger partial charge in [0.05, 0.1) is 17.9 Å².